The summed E-state index contributed by atoms with van der Waals surface area (Å²) in [5, 5.41) is 8.27. The first-order valence-corrected chi connectivity index (χ1v) is 10.4. The molecular formula is C17H19N3O3S2. The number of nitrogens with zero attached hydrogens (tertiary/aromatic N) is 2. The highest BCUT2D eigenvalue weighted by molar-refractivity contribution is 7.90. The van der Waals surface area contributed by atoms with Gasteiger partial charge in [0.2, 0.25) is 0 Å². The highest BCUT2D eigenvalue weighted by Gasteiger charge is 2.17. The lowest BCUT2D eigenvalue weighted by atomic mass is 10.1. The number of sulfone groups is 1. The molecule has 0 saturated heterocycles. The molecule has 25 heavy (non-hydrogen) atoms. The van der Waals surface area contributed by atoms with Gasteiger partial charge in [-0.1, -0.05) is 12.1 Å². The normalized spacial score (nSPS) is 13.1. The molecule has 0 radical (unpaired) electrons. The first-order chi connectivity index (χ1) is 11.7. The zero-order valence-corrected chi connectivity index (χ0v) is 16.0. The summed E-state index contributed by atoms with van der Waals surface area (Å²) >= 11 is 1.40. The Kier molecular flexibility index (Phi) is 4.42. The van der Waals surface area contributed by atoms with E-state index < -0.39 is 9.84 Å². The van der Waals surface area contributed by atoms with Gasteiger partial charge in [-0.25, -0.2) is 8.42 Å². The number of benzene rings is 1. The van der Waals surface area contributed by atoms with Gasteiger partial charge in [-0.3, -0.25) is 9.48 Å². The van der Waals surface area contributed by atoms with Crippen molar-refractivity contribution in [2.45, 2.75) is 24.8 Å². The molecule has 3 aromatic rings. The van der Waals surface area contributed by atoms with E-state index in [1.807, 2.05) is 27.0 Å². The molecule has 0 spiro atoms. The van der Waals surface area contributed by atoms with Crippen LogP contribution in [0.25, 0.3) is 10.2 Å². The third-order valence-electron chi connectivity index (χ3n) is 4.08. The smallest absolute Gasteiger partial charge is 0.261 e. The standard InChI is InChI=1S/C17H19N3O3S2/c1-10(12-5-7-13(8-6-12)25(4,22)23)18-16(21)15-9-14-11(2)19-20(3)17(14)24-15/h5-10H,1-4H3,(H,18,21). The zero-order chi connectivity index (χ0) is 18.4. The number of fused-ring (bicyclic) bond motifs is 1. The van der Waals surface area contributed by atoms with Crippen LogP contribution in [0.4, 0.5) is 0 Å². The number of carbonyl (C=O) groups excluding carboxylic acids is 1. The molecule has 1 aromatic carbocycles. The van der Waals surface area contributed by atoms with E-state index in [2.05, 4.69) is 10.4 Å². The van der Waals surface area contributed by atoms with Gasteiger partial charge in [-0.05, 0) is 37.6 Å². The van der Waals surface area contributed by atoms with Gasteiger partial charge in [0.25, 0.3) is 5.91 Å². The highest BCUT2D eigenvalue weighted by Crippen LogP contribution is 2.28. The van der Waals surface area contributed by atoms with Crippen molar-refractivity contribution in [3.05, 3.63) is 46.5 Å². The van der Waals surface area contributed by atoms with Gasteiger partial charge in [-0.15, -0.1) is 11.3 Å². The predicted molar refractivity (Wildman–Crippen MR) is 98.8 cm³/mol. The molecule has 1 atom stereocenters. The number of thiophene rings is 1. The van der Waals surface area contributed by atoms with Gasteiger partial charge in [0.1, 0.15) is 4.83 Å². The van der Waals surface area contributed by atoms with Crippen molar-refractivity contribution >= 4 is 37.3 Å². The topological polar surface area (TPSA) is 81.1 Å². The van der Waals surface area contributed by atoms with Gasteiger partial charge in [-0.2, -0.15) is 5.10 Å². The predicted octanol–water partition coefficient (Wildman–Crippen LogP) is 2.84. The van der Waals surface area contributed by atoms with Crippen LogP contribution in [0.1, 0.15) is 33.9 Å². The van der Waals surface area contributed by atoms with E-state index in [1.54, 1.807) is 28.9 Å². The molecule has 0 bridgehead atoms. The molecule has 132 valence electrons. The van der Waals surface area contributed by atoms with Crippen molar-refractivity contribution in [1.29, 1.82) is 0 Å². The number of aromatic nitrogens is 2. The van der Waals surface area contributed by atoms with E-state index in [0.29, 0.717) is 4.88 Å². The van der Waals surface area contributed by atoms with E-state index in [1.165, 1.54) is 17.6 Å². The van der Waals surface area contributed by atoms with Gasteiger partial charge in [0, 0.05) is 18.7 Å². The van der Waals surface area contributed by atoms with Gasteiger partial charge < -0.3 is 5.32 Å². The highest BCUT2D eigenvalue weighted by atomic mass is 32.2. The Hall–Kier alpha value is -2.19. The van der Waals surface area contributed by atoms with Crippen LogP contribution in [-0.4, -0.2) is 30.4 Å². The molecular weight excluding hydrogens is 358 g/mol. The number of nitrogens with one attached hydrogen (secondary N) is 1. The van der Waals surface area contributed by atoms with Gasteiger partial charge >= 0.3 is 0 Å². The first-order valence-electron chi connectivity index (χ1n) is 7.71. The lowest BCUT2D eigenvalue weighted by Crippen LogP contribution is -2.25. The fourth-order valence-corrected chi connectivity index (χ4v) is 4.33. The van der Waals surface area contributed by atoms with E-state index in [0.717, 1.165) is 21.5 Å². The Labute approximate surface area is 150 Å². The van der Waals surface area contributed by atoms with Crippen molar-refractivity contribution in [3.63, 3.8) is 0 Å². The molecule has 0 fully saturated rings. The van der Waals surface area contributed by atoms with Crippen LogP contribution in [0, 0.1) is 6.92 Å². The van der Waals surface area contributed by atoms with Gasteiger partial charge in [0.15, 0.2) is 9.84 Å². The Morgan fingerprint density at radius 3 is 2.48 bits per heavy atom. The Morgan fingerprint density at radius 2 is 1.92 bits per heavy atom. The first kappa shape index (κ1) is 17.6. The zero-order valence-electron chi connectivity index (χ0n) is 14.4. The molecule has 0 aliphatic rings. The van der Waals surface area contributed by atoms with E-state index in [9.17, 15) is 13.2 Å². The van der Waals surface area contributed by atoms with Crippen LogP contribution in [0.5, 0.6) is 0 Å². The number of amides is 1. The number of carbonyl (C=O) groups is 1. The summed E-state index contributed by atoms with van der Waals surface area (Å²) in [6, 6.07) is 8.19. The maximum absolute atomic E-state index is 12.5. The van der Waals surface area contributed by atoms with Crippen LogP contribution in [0.2, 0.25) is 0 Å². The summed E-state index contributed by atoms with van der Waals surface area (Å²) in [5.41, 5.74) is 1.75. The number of hydrogen-bond acceptors (Lipinski definition) is 5. The monoisotopic (exact) mass is 377 g/mol. The molecule has 0 saturated carbocycles. The third kappa shape index (κ3) is 3.45. The fraction of sp³-hybridized carbons (Fsp3) is 0.294. The third-order valence-corrected chi connectivity index (χ3v) is 6.40. The molecule has 6 nitrogen and oxygen atoms in total. The quantitative estimate of drug-likeness (QED) is 0.758. The molecule has 3 rings (SSSR count). The second-order valence-corrected chi connectivity index (χ2v) is 9.12. The largest absolute Gasteiger partial charge is 0.345 e. The molecule has 2 heterocycles. The van der Waals surface area contributed by atoms with Crippen molar-refractivity contribution < 1.29 is 13.2 Å². The second-order valence-electron chi connectivity index (χ2n) is 6.07. The average molecular weight is 377 g/mol. The summed E-state index contributed by atoms with van der Waals surface area (Å²) in [4.78, 5) is 14.4. The summed E-state index contributed by atoms with van der Waals surface area (Å²) < 4.78 is 24.8. The van der Waals surface area contributed by atoms with E-state index >= 15 is 0 Å². The Balaban J connectivity index is 1.78. The van der Waals surface area contributed by atoms with Gasteiger partial charge in [0.05, 0.1) is 21.5 Å². The van der Waals surface area contributed by atoms with Crippen molar-refractivity contribution in [2.75, 3.05) is 6.26 Å². The minimum absolute atomic E-state index is 0.153. The second kappa shape index (κ2) is 6.27. The Bertz CT molecular complexity index is 1010. The van der Waals surface area contributed by atoms with Crippen LogP contribution in [0.3, 0.4) is 0 Å². The van der Waals surface area contributed by atoms with E-state index in [4.69, 9.17) is 0 Å². The average Bonchev–Trinajstić information content (AvgIpc) is 3.09. The minimum atomic E-state index is -3.22. The summed E-state index contributed by atoms with van der Waals surface area (Å²) in [6.07, 6.45) is 1.17. The lowest BCUT2D eigenvalue weighted by molar-refractivity contribution is 0.0944. The molecule has 1 amide bonds. The van der Waals surface area contributed by atoms with Crippen molar-refractivity contribution in [2.24, 2.45) is 7.05 Å². The summed E-state index contributed by atoms with van der Waals surface area (Å²) in [6.45, 7) is 3.79. The molecule has 1 N–H and O–H groups in total. The SMILES string of the molecule is Cc1nn(C)c2sc(C(=O)NC(C)c3ccc(S(C)(=O)=O)cc3)cc12. The summed E-state index contributed by atoms with van der Waals surface area (Å²) in [5.74, 6) is -0.153. The maximum Gasteiger partial charge on any atom is 0.261 e. The van der Waals surface area contributed by atoms with Crippen LogP contribution < -0.4 is 5.32 Å². The van der Waals surface area contributed by atoms with Crippen LogP contribution in [0.15, 0.2) is 35.2 Å². The number of hydrogen-bond donors (Lipinski definition) is 1. The van der Waals surface area contributed by atoms with Crippen molar-refractivity contribution in [3.8, 4) is 0 Å². The molecule has 1 unspecified atom stereocenters. The Morgan fingerprint density at radius 1 is 1.28 bits per heavy atom. The van der Waals surface area contributed by atoms with Crippen LogP contribution >= 0.6 is 11.3 Å². The maximum atomic E-state index is 12.5. The fourth-order valence-electron chi connectivity index (χ4n) is 2.67. The minimum Gasteiger partial charge on any atom is -0.345 e. The number of aryl methyl sites for hydroxylation is 2. The van der Waals surface area contributed by atoms with Crippen molar-refractivity contribution in [1.82, 2.24) is 15.1 Å². The molecule has 8 heteroatoms. The number of rotatable bonds is 4. The van der Waals surface area contributed by atoms with Crippen LogP contribution in [-0.2, 0) is 16.9 Å². The lowest BCUT2D eigenvalue weighted by Gasteiger charge is -2.14. The molecule has 0 aliphatic heterocycles. The molecule has 0 aliphatic carbocycles. The molecule has 2 aromatic heterocycles. The summed E-state index contributed by atoms with van der Waals surface area (Å²) in [7, 11) is -1.36. The van der Waals surface area contributed by atoms with E-state index in [-0.39, 0.29) is 16.8 Å².